The summed E-state index contributed by atoms with van der Waals surface area (Å²) in [6, 6.07) is 8.94. The maximum Gasteiger partial charge on any atom is 0.358 e. The van der Waals surface area contributed by atoms with Crippen LogP contribution in [-0.2, 0) is 9.53 Å². The third-order valence-electron chi connectivity index (χ3n) is 2.07. The molecule has 0 spiro atoms. The second-order valence-corrected chi connectivity index (χ2v) is 2.99. The van der Waals surface area contributed by atoms with Gasteiger partial charge in [-0.25, -0.2) is 4.79 Å². The molecular formula is C10H9NO3. The Balaban J connectivity index is 2.36. The molecule has 2 rings (SSSR count). The van der Waals surface area contributed by atoms with Gasteiger partial charge in [0.05, 0.1) is 0 Å². The summed E-state index contributed by atoms with van der Waals surface area (Å²) >= 11 is 0. The van der Waals surface area contributed by atoms with Crippen LogP contribution in [0.2, 0.25) is 0 Å². The summed E-state index contributed by atoms with van der Waals surface area (Å²) in [6.07, 6.45) is -0.747. The Morgan fingerprint density at radius 2 is 1.93 bits per heavy atom. The zero-order valence-electron chi connectivity index (χ0n) is 7.31. The van der Waals surface area contributed by atoms with Gasteiger partial charge in [0, 0.05) is 5.56 Å². The Bertz CT molecular complexity index is 397. The number of aliphatic hydroxyl groups is 1. The molecule has 72 valence electrons. The van der Waals surface area contributed by atoms with Crippen LogP contribution in [0.3, 0.4) is 0 Å². The summed E-state index contributed by atoms with van der Waals surface area (Å²) in [4.78, 5) is 11.0. The third-order valence-corrected chi connectivity index (χ3v) is 2.07. The van der Waals surface area contributed by atoms with E-state index in [1.807, 2.05) is 6.07 Å². The van der Waals surface area contributed by atoms with Crippen LogP contribution in [0.25, 0.3) is 0 Å². The van der Waals surface area contributed by atoms with Crippen molar-refractivity contribution in [1.82, 2.24) is 0 Å². The average molecular weight is 191 g/mol. The molecule has 4 nitrogen and oxygen atoms in total. The first-order valence-electron chi connectivity index (χ1n) is 4.14. The van der Waals surface area contributed by atoms with E-state index in [1.54, 1.807) is 24.3 Å². The lowest BCUT2D eigenvalue weighted by Gasteiger charge is -2.09. The quantitative estimate of drug-likeness (QED) is 0.650. The lowest BCUT2D eigenvalue weighted by molar-refractivity contribution is -0.140. The first-order valence-corrected chi connectivity index (χ1v) is 4.14. The highest BCUT2D eigenvalue weighted by molar-refractivity contribution is 5.90. The van der Waals surface area contributed by atoms with Crippen LogP contribution in [-0.4, -0.2) is 11.1 Å². The van der Waals surface area contributed by atoms with Gasteiger partial charge in [-0.05, 0) is 0 Å². The third kappa shape index (κ3) is 1.21. The molecular weight excluding hydrogens is 182 g/mol. The monoisotopic (exact) mass is 191 g/mol. The van der Waals surface area contributed by atoms with E-state index in [1.165, 1.54) is 0 Å². The Hall–Kier alpha value is -1.97. The minimum absolute atomic E-state index is 0.207. The first kappa shape index (κ1) is 8.62. The number of esters is 1. The van der Waals surface area contributed by atoms with E-state index in [9.17, 15) is 9.90 Å². The molecule has 1 aliphatic rings. The van der Waals surface area contributed by atoms with Gasteiger partial charge in [-0.2, -0.15) is 0 Å². The number of cyclic esters (lactones) is 1. The topological polar surface area (TPSA) is 72.6 Å². The first-order chi connectivity index (χ1) is 6.70. The van der Waals surface area contributed by atoms with Crippen LogP contribution in [0.1, 0.15) is 11.7 Å². The molecule has 0 radical (unpaired) electrons. The smallest absolute Gasteiger partial charge is 0.358 e. The fourth-order valence-electron chi connectivity index (χ4n) is 1.33. The Morgan fingerprint density at radius 3 is 2.43 bits per heavy atom. The molecule has 4 heteroatoms. The van der Waals surface area contributed by atoms with E-state index >= 15 is 0 Å². The Labute approximate surface area is 80.6 Å². The molecule has 0 fully saturated rings. The number of hydrogen-bond acceptors (Lipinski definition) is 4. The van der Waals surface area contributed by atoms with Crippen molar-refractivity contribution in [3.8, 4) is 0 Å². The summed E-state index contributed by atoms with van der Waals surface area (Å²) < 4.78 is 4.88. The van der Waals surface area contributed by atoms with Crippen molar-refractivity contribution in [2.24, 2.45) is 5.73 Å². The van der Waals surface area contributed by atoms with Gasteiger partial charge in [-0.1, -0.05) is 30.3 Å². The van der Waals surface area contributed by atoms with Crippen LogP contribution in [0.15, 0.2) is 41.8 Å². The van der Waals surface area contributed by atoms with Crippen molar-refractivity contribution in [2.45, 2.75) is 6.10 Å². The Morgan fingerprint density at radius 1 is 1.29 bits per heavy atom. The second kappa shape index (κ2) is 3.06. The van der Waals surface area contributed by atoms with Gasteiger partial charge in [0.25, 0.3) is 0 Å². The molecule has 1 aliphatic heterocycles. The van der Waals surface area contributed by atoms with Crippen LogP contribution < -0.4 is 5.73 Å². The van der Waals surface area contributed by atoms with Gasteiger partial charge in [-0.3, -0.25) is 0 Å². The second-order valence-electron chi connectivity index (χ2n) is 2.99. The molecule has 0 saturated carbocycles. The van der Waals surface area contributed by atoms with E-state index in [0.29, 0.717) is 5.56 Å². The van der Waals surface area contributed by atoms with Crippen molar-refractivity contribution >= 4 is 5.97 Å². The number of carbonyl (C=O) groups excluding carboxylic acids is 1. The standard InChI is InChI=1S/C10H9NO3/c11-7-8(12)9(14-10(7)13)6-4-2-1-3-5-6/h1-5,9,12H,11H2. The molecule has 0 saturated heterocycles. The van der Waals surface area contributed by atoms with E-state index < -0.39 is 12.1 Å². The maximum atomic E-state index is 11.0. The molecule has 0 amide bonds. The molecule has 1 heterocycles. The van der Waals surface area contributed by atoms with E-state index in [-0.39, 0.29) is 11.5 Å². The molecule has 1 aromatic carbocycles. The molecule has 1 unspecified atom stereocenters. The van der Waals surface area contributed by atoms with Crippen molar-refractivity contribution in [3.63, 3.8) is 0 Å². The molecule has 0 aromatic heterocycles. The number of nitrogens with two attached hydrogens (primary N) is 1. The molecule has 1 atom stereocenters. The number of aliphatic hydroxyl groups excluding tert-OH is 1. The molecule has 14 heavy (non-hydrogen) atoms. The lowest BCUT2D eigenvalue weighted by Crippen LogP contribution is -2.07. The van der Waals surface area contributed by atoms with Crippen LogP contribution in [0.5, 0.6) is 0 Å². The van der Waals surface area contributed by atoms with E-state index in [2.05, 4.69) is 0 Å². The fraction of sp³-hybridized carbons (Fsp3) is 0.100. The minimum atomic E-state index is -0.747. The highest BCUT2D eigenvalue weighted by Gasteiger charge is 2.33. The van der Waals surface area contributed by atoms with Crippen LogP contribution in [0.4, 0.5) is 0 Å². The summed E-state index contributed by atoms with van der Waals surface area (Å²) in [5.41, 5.74) is 5.80. The van der Waals surface area contributed by atoms with Gasteiger partial charge < -0.3 is 15.6 Å². The van der Waals surface area contributed by atoms with Gasteiger partial charge in [0.15, 0.2) is 17.6 Å². The summed E-state index contributed by atoms with van der Waals surface area (Å²) in [5, 5.41) is 9.49. The van der Waals surface area contributed by atoms with Gasteiger partial charge in [-0.15, -0.1) is 0 Å². The number of ether oxygens (including phenoxy) is 1. The molecule has 0 bridgehead atoms. The molecule has 1 aromatic rings. The number of hydrogen-bond donors (Lipinski definition) is 2. The molecule has 0 aliphatic carbocycles. The number of carbonyl (C=O) groups is 1. The average Bonchev–Trinajstić information content (AvgIpc) is 2.47. The van der Waals surface area contributed by atoms with Crippen LogP contribution >= 0.6 is 0 Å². The lowest BCUT2D eigenvalue weighted by atomic mass is 10.1. The highest BCUT2D eigenvalue weighted by atomic mass is 16.6. The summed E-state index contributed by atoms with van der Waals surface area (Å²) in [7, 11) is 0. The van der Waals surface area contributed by atoms with Crippen molar-refractivity contribution < 1.29 is 14.6 Å². The zero-order chi connectivity index (χ0) is 10.1. The zero-order valence-corrected chi connectivity index (χ0v) is 7.31. The predicted octanol–water partition coefficient (Wildman–Crippen LogP) is 1.01. The minimum Gasteiger partial charge on any atom is -0.506 e. The van der Waals surface area contributed by atoms with Gasteiger partial charge >= 0.3 is 5.97 Å². The van der Waals surface area contributed by atoms with Crippen molar-refractivity contribution in [1.29, 1.82) is 0 Å². The summed E-state index contributed by atoms with van der Waals surface area (Å²) in [6.45, 7) is 0. The van der Waals surface area contributed by atoms with Gasteiger partial charge in [0.2, 0.25) is 0 Å². The number of benzene rings is 1. The summed E-state index contributed by atoms with van der Waals surface area (Å²) in [5.74, 6) is -0.877. The van der Waals surface area contributed by atoms with E-state index in [4.69, 9.17) is 10.5 Å². The SMILES string of the molecule is NC1=C(O)C(c2ccccc2)OC1=O. The largest absolute Gasteiger partial charge is 0.506 e. The van der Waals surface area contributed by atoms with E-state index in [0.717, 1.165) is 0 Å². The van der Waals surface area contributed by atoms with Crippen molar-refractivity contribution in [2.75, 3.05) is 0 Å². The van der Waals surface area contributed by atoms with Crippen molar-refractivity contribution in [3.05, 3.63) is 47.4 Å². The Kier molecular flexibility index (Phi) is 1.89. The maximum absolute atomic E-state index is 11.0. The normalized spacial score (nSPS) is 21.1. The fourth-order valence-corrected chi connectivity index (χ4v) is 1.33. The highest BCUT2D eigenvalue weighted by Crippen LogP contribution is 2.30. The number of rotatable bonds is 1. The van der Waals surface area contributed by atoms with Crippen LogP contribution in [0, 0.1) is 0 Å². The van der Waals surface area contributed by atoms with Gasteiger partial charge in [0.1, 0.15) is 0 Å². The predicted molar refractivity (Wildman–Crippen MR) is 49.1 cm³/mol. The molecule has 3 N–H and O–H groups in total.